The highest BCUT2D eigenvalue weighted by molar-refractivity contribution is 5.47. The Labute approximate surface area is 153 Å². The van der Waals surface area contributed by atoms with Gasteiger partial charge >= 0.3 is 0 Å². The summed E-state index contributed by atoms with van der Waals surface area (Å²) in [5.41, 5.74) is 5.35. The Morgan fingerprint density at radius 2 is 2.23 bits per heavy atom. The molecule has 0 aromatic carbocycles. The lowest BCUT2D eigenvalue weighted by Gasteiger charge is -2.32. The van der Waals surface area contributed by atoms with E-state index >= 15 is 0 Å². The smallest absolute Gasteiger partial charge is 0.159 e. The van der Waals surface area contributed by atoms with Gasteiger partial charge in [-0.25, -0.2) is 19.5 Å². The van der Waals surface area contributed by atoms with Crippen LogP contribution in [0.1, 0.15) is 29.1 Å². The van der Waals surface area contributed by atoms with Crippen LogP contribution >= 0.6 is 0 Å². The zero-order valence-electron chi connectivity index (χ0n) is 15.3. The summed E-state index contributed by atoms with van der Waals surface area (Å²) in [7, 11) is 0. The summed E-state index contributed by atoms with van der Waals surface area (Å²) in [6.07, 6.45) is 7.46. The highest BCUT2D eigenvalue weighted by atomic mass is 16.5. The molecule has 0 N–H and O–H groups in total. The fourth-order valence-electron chi connectivity index (χ4n) is 3.54. The standard InChI is InChI=1S/C19H24N6O/c1-14-9-15(2)25-19(23-14)16(10-22-25)11-24-7-8-26-18(12-24)4-3-17-5-6-20-13-21-17/h5-6,9-10,13,18H,3-4,7-8,11-12H2,1-2H3/t18-/m1/s1. The summed E-state index contributed by atoms with van der Waals surface area (Å²) in [5.74, 6) is 0. The van der Waals surface area contributed by atoms with E-state index in [9.17, 15) is 0 Å². The average molecular weight is 352 g/mol. The lowest BCUT2D eigenvalue weighted by Crippen LogP contribution is -2.42. The van der Waals surface area contributed by atoms with Gasteiger partial charge in [0, 0.05) is 48.5 Å². The zero-order valence-corrected chi connectivity index (χ0v) is 15.3. The molecule has 0 amide bonds. The summed E-state index contributed by atoms with van der Waals surface area (Å²) < 4.78 is 7.88. The van der Waals surface area contributed by atoms with Crippen LogP contribution in [0.25, 0.3) is 5.65 Å². The molecule has 1 aliphatic rings. The molecule has 0 unspecified atom stereocenters. The fourth-order valence-corrected chi connectivity index (χ4v) is 3.54. The molecule has 3 aromatic heterocycles. The molecule has 0 bridgehead atoms. The SMILES string of the molecule is Cc1cc(C)n2ncc(CN3CCO[C@H](CCc4ccncn4)C3)c2n1. The molecule has 4 rings (SSSR count). The van der Waals surface area contributed by atoms with Crippen LogP contribution in [0.5, 0.6) is 0 Å². The Morgan fingerprint density at radius 1 is 1.31 bits per heavy atom. The van der Waals surface area contributed by atoms with E-state index in [1.807, 2.05) is 23.7 Å². The predicted octanol–water partition coefficient (Wildman–Crippen LogP) is 1.97. The summed E-state index contributed by atoms with van der Waals surface area (Å²) in [4.78, 5) is 15.4. The van der Waals surface area contributed by atoms with Crippen molar-refractivity contribution in [2.24, 2.45) is 0 Å². The highest BCUT2D eigenvalue weighted by Gasteiger charge is 2.22. The number of nitrogens with zero attached hydrogens (tertiary/aromatic N) is 6. The average Bonchev–Trinajstić information content (AvgIpc) is 3.04. The van der Waals surface area contributed by atoms with Gasteiger partial charge in [-0.05, 0) is 38.8 Å². The van der Waals surface area contributed by atoms with Crippen molar-refractivity contribution in [1.29, 1.82) is 0 Å². The third-order valence-corrected chi connectivity index (χ3v) is 4.83. The summed E-state index contributed by atoms with van der Waals surface area (Å²) in [6, 6.07) is 4.03. The predicted molar refractivity (Wildman–Crippen MR) is 97.8 cm³/mol. The fraction of sp³-hybridized carbons (Fsp3) is 0.474. The minimum atomic E-state index is 0.233. The second-order valence-corrected chi connectivity index (χ2v) is 6.91. The maximum Gasteiger partial charge on any atom is 0.159 e. The second-order valence-electron chi connectivity index (χ2n) is 6.91. The number of morpholine rings is 1. The van der Waals surface area contributed by atoms with Gasteiger partial charge in [0.25, 0.3) is 0 Å². The van der Waals surface area contributed by atoms with Crippen molar-refractivity contribution in [2.75, 3.05) is 19.7 Å². The molecule has 1 atom stereocenters. The molecule has 136 valence electrons. The normalized spacial score (nSPS) is 18.5. The van der Waals surface area contributed by atoms with Crippen LogP contribution in [0, 0.1) is 13.8 Å². The lowest BCUT2D eigenvalue weighted by atomic mass is 10.1. The topological polar surface area (TPSA) is 68.4 Å². The van der Waals surface area contributed by atoms with Crippen molar-refractivity contribution >= 4 is 5.65 Å². The van der Waals surface area contributed by atoms with Crippen LogP contribution in [0.4, 0.5) is 0 Å². The Hall–Kier alpha value is -2.38. The molecule has 26 heavy (non-hydrogen) atoms. The van der Waals surface area contributed by atoms with Gasteiger partial charge in [-0.2, -0.15) is 5.10 Å². The summed E-state index contributed by atoms with van der Waals surface area (Å²) in [5, 5.41) is 4.50. The highest BCUT2D eigenvalue weighted by Crippen LogP contribution is 2.17. The first-order valence-electron chi connectivity index (χ1n) is 9.09. The van der Waals surface area contributed by atoms with Gasteiger partial charge in [0.05, 0.1) is 18.9 Å². The summed E-state index contributed by atoms with van der Waals surface area (Å²) >= 11 is 0. The monoisotopic (exact) mass is 352 g/mol. The molecule has 1 saturated heterocycles. The molecule has 0 spiro atoms. The first kappa shape index (κ1) is 17.1. The van der Waals surface area contributed by atoms with Crippen molar-refractivity contribution in [2.45, 2.75) is 39.3 Å². The molecule has 3 aromatic rings. The third kappa shape index (κ3) is 3.73. The molecular weight excluding hydrogens is 328 g/mol. The van der Waals surface area contributed by atoms with E-state index < -0.39 is 0 Å². The third-order valence-electron chi connectivity index (χ3n) is 4.83. The maximum atomic E-state index is 5.95. The van der Waals surface area contributed by atoms with E-state index in [1.165, 1.54) is 5.56 Å². The molecule has 7 nitrogen and oxygen atoms in total. The molecule has 1 fully saturated rings. The molecule has 4 heterocycles. The quantitative estimate of drug-likeness (QED) is 0.699. The molecule has 7 heteroatoms. The molecule has 0 aliphatic carbocycles. The van der Waals surface area contributed by atoms with E-state index in [4.69, 9.17) is 4.74 Å². The van der Waals surface area contributed by atoms with Crippen molar-refractivity contribution in [3.05, 3.63) is 53.5 Å². The Morgan fingerprint density at radius 3 is 3.08 bits per heavy atom. The Balaban J connectivity index is 1.41. The van der Waals surface area contributed by atoms with Crippen molar-refractivity contribution in [3.63, 3.8) is 0 Å². The van der Waals surface area contributed by atoms with E-state index in [2.05, 4.69) is 37.9 Å². The summed E-state index contributed by atoms with van der Waals surface area (Å²) in [6.45, 7) is 7.57. The molecule has 1 aliphatic heterocycles. The van der Waals surface area contributed by atoms with Crippen LogP contribution in [-0.4, -0.2) is 55.3 Å². The van der Waals surface area contributed by atoms with Gasteiger partial charge in [0.2, 0.25) is 0 Å². The number of ether oxygens (including phenoxy) is 1. The van der Waals surface area contributed by atoms with Gasteiger partial charge in [0.15, 0.2) is 5.65 Å². The van der Waals surface area contributed by atoms with E-state index in [0.29, 0.717) is 0 Å². The minimum Gasteiger partial charge on any atom is -0.376 e. The van der Waals surface area contributed by atoms with E-state index in [-0.39, 0.29) is 6.10 Å². The number of aryl methyl sites for hydroxylation is 3. The van der Waals surface area contributed by atoms with Crippen LogP contribution in [0.2, 0.25) is 0 Å². The number of rotatable bonds is 5. The maximum absolute atomic E-state index is 5.95. The zero-order chi connectivity index (χ0) is 17.9. The van der Waals surface area contributed by atoms with Gasteiger partial charge in [0.1, 0.15) is 6.33 Å². The number of aromatic nitrogens is 5. The van der Waals surface area contributed by atoms with Crippen LogP contribution < -0.4 is 0 Å². The van der Waals surface area contributed by atoms with Crippen molar-refractivity contribution in [1.82, 2.24) is 29.5 Å². The number of hydrogen-bond donors (Lipinski definition) is 0. The van der Waals surface area contributed by atoms with Crippen molar-refractivity contribution < 1.29 is 4.74 Å². The van der Waals surface area contributed by atoms with Crippen molar-refractivity contribution in [3.8, 4) is 0 Å². The number of fused-ring (bicyclic) bond motifs is 1. The first-order valence-corrected chi connectivity index (χ1v) is 9.09. The van der Waals surface area contributed by atoms with Crippen LogP contribution in [0.3, 0.4) is 0 Å². The lowest BCUT2D eigenvalue weighted by molar-refractivity contribution is -0.0345. The largest absolute Gasteiger partial charge is 0.376 e. The number of hydrogen-bond acceptors (Lipinski definition) is 6. The van der Waals surface area contributed by atoms with E-state index in [1.54, 1.807) is 12.5 Å². The van der Waals surface area contributed by atoms with Gasteiger partial charge in [-0.1, -0.05) is 0 Å². The Kier molecular flexibility index (Phi) is 4.90. The van der Waals surface area contributed by atoms with Crippen LogP contribution in [-0.2, 0) is 17.7 Å². The molecule has 0 radical (unpaired) electrons. The minimum absolute atomic E-state index is 0.233. The first-order chi connectivity index (χ1) is 12.7. The van der Waals surface area contributed by atoms with Gasteiger partial charge in [-0.15, -0.1) is 0 Å². The van der Waals surface area contributed by atoms with Crippen LogP contribution in [0.15, 0.2) is 30.9 Å². The van der Waals surface area contributed by atoms with Gasteiger partial charge in [-0.3, -0.25) is 4.90 Å². The molecule has 0 saturated carbocycles. The Bertz CT molecular complexity index is 878. The second kappa shape index (κ2) is 7.47. The van der Waals surface area contributed by atoms with Gasteiger partial charge < -0.3 is 4.74 Å². The molecular formula is C19H24N6O. The van der Waals surface area contributed by atoms with E-state index in [0.717, 1.165) is 61.8 Å².